The molecule has 0 saturated carbocycles. The van der Waals surface area contributed by atoms with Gasteiger partial charge in [0.1, 0.15) is 18.0 Å². The van der Waals surface area contributed by atoms with Crippen LogP contribution in [-0.4, -0.2) is 25.5 Å². The minimum Gasteiger partial charge on any atom is -0.457 e. The number of nitrogens with zero attached hydrogens (tertiary/aromatic N) is 4. The zero-order chi connectivity index (χ0) is 21.8. The van der Waals surface area contributed by atoms with E-state index in [2.05, 4.69) is 10.4 Å². The molecule has 0 unspecified atom stereocenters. The van der Waals surface area contributed by atoms with Gasteiger partial charge in [0.05, 0.1) is 33.5 Å². The number of aromatic nitrogens is 2. The summed E-state index contributed by atoms with van der Waals surface area (Å²) in [5.74, 6) is -0.423. The highest BCUT2D eigenvalue weighted by Gasteiger charge is 2.19. The van der Waals surface area contributed by atoms with Crippen molar-refractivity contribution in [1.82, 2.24) is 9.78 Å². The van der Waals surface area contributed by atoms with Crippen LogP contribution in [0.2, 0.25) is 5.02 Å². The van der Waals surface area contributed by atoms with Crippen LogP contribution in [0.3, 0.4) is 0 Å². The first-order chi connectivity index (χ1) is 14.2. The fraction of sp³-hybridized carbons (Fsp3) is 0.111. The third kappa shape index (κ3) is 5.08. The fourth-order valence-electron chi connectivity index (χ4n) is 2.54. The molecule has 0 fully saturated rings. The van der Waals surface area contributed by atoms with Crippen molar-refractivity contribution in [1.29, 1.82) is 0 Å². The molecule has 0 radical (unpaired) electrons. The molecule has 1 heterocycles. The third-order valence-corrected chi connectivity index (χ3v) is 4.14. The smallest absolute Gasteiger partial charge is 0.390 e. The van der Waals surface area contributed by atoms with Gasteiger partial charge in [-0.05, 0) is 36.1 Å². The zero-order valence-corrected chi connectivity index (χ0v) is 16.2. The summed E-state index contributed by atoms with van der Waals surface area (Å²) in [4.78, 5) is 33.1. The highest BCUT2D eigenvalue weighted by Crippen LogP contribution is 2.30. The summed E-state index contributed by atoms with van der Waals surface area (Å²) >= 11 is 5.82. The van der Waals surface area contributed by atoms with Crippen molar-refractivity contribution in [2.75, 3.05) is 5.32 Å². The SMILES string of the molecule is Cc1cc([N+](=O)[O-])nn1CC(=O)Nc1cc(Oc2ccc(Cl)cc2)cc([N+](=O)[O-])c1. The number of halogens is 1. The average molecular weight is 432 g/mol. The summed E-state index contributed by atoms with van der Waals surface area (Å²) in [5.41, 5.74) is 0.253. The van der Waals surface area contributed by atoms with Crippen LogP contribution in [0.1, 0.15) is 5.69 Å². The molecular formula is C18H14ClN5O6. The lowest BCUT2D eigenvalue weighted by atomic mass is 10.2. The van der Waals surface area contributed by atoms with Crippen LogP contribution in [0.4, 0.5) is 17.2 Å². The minimum atomic E-state index is -0.664. The second-order valence-electron chi connectivity index (χ2n) is 6.14. The molecular weight excluding hydrogens is 418 g/mol. The first-order valence-electron chi connectivity index (χ1n) is 8.43. The van der Waals surface area contributed by atoms with Gasteiger partial charge in [0.25, 0.3) is 5.69 Å². The normalized spacial score (nSPS) is 10.5. The maximum atomic E-state index is 12.3. The average Bonchev–Trinajstić information content (AvgIpc) is 3.04. The molecule has 30 heavy (non-hydrogen) atoms. The number of aryl methyl sites for hydroxylation is 1. The molecule has 0 aliphatic carbocycles. The van der Waals surface area contributed by atoms with Crippen molar-refractivity contribution < 1.29 is 19.4 Å². The predicted molar refractivity (Wildman–Crippen MR) is 107 cm³/mol. The topological polar surface area (TPSA) is 142 Å². The first kappa shape index (κ1) is 20.7. The summed E-state index contributed by atoms with van der Waals surface area (Å²) in [5, 5.41) is 28.8. The molecule has 0 aliphatic heterocycles. The number of hydrogen-bond acceptors (Lipinski definition) is 7. The molecule has 1 N–H and O–H groups in total. The van der Waals surface area contributed by atoms with E-state index in [9.17, 15) is 25.0 Å². The highest BCUT2D eigenvalue weighted by molar-refractivity contribution is 6.30. The van der Waals surface area contributed by atoms with Crippen LogP contribution in [-0.2, 0) is 11.3 Å². The van der Waals surface area contributed by atoms with E-state index in [0.29, 0.717) is 16.5 Å². The van der Waals surface area contributed by atoms with Gasteiger partial charge in [-0.2, -0.15) is 4.68 Å². The highest BCUT2D eigenvalue weighted by atomic mass is 35.5. The Bertz CT molecular complexity index is 1130. The van der Waals surface area contributed by atoms with E-state index < -0.39 is 15.8 Å². The second-order valence-corrected chi connectivity index (χ2v) is 6.57. The van der Waals surface area contributed by atoms with E-state index >= 15 is 0 Å². The molecule has 2 aromatic carbocycles. The van der Waals surface area contributed by atoms with Crippen LogP contribution in [0.5, 0.6) is 11.5 Å². The molecule has 1 amide bonds. The molecule has 1 aromatic heterocycles. The van der Waals surface area contributed by atoms with Crippen LogP contribution >= 0.6 is 11.6 Å². The summed E-state index contributed by atoms with van der Waals surface area (Å²) in [6.45, 7) is 1.26. The van der Waals surface area contributed by atoms with E-state index in [4.69, 9.17) is 16.3 Å². The number of ether oxygens (including phenoxy) is 1. The number of benzene rings is 2. The number of amides is 1. The lowest BCUT2D eigenvalue weighted by Gasteiger charge is -2.09. The van der Waals surface area contributed by atoms with E-state index in [0.717, 1.165) is 4.68 Å². The lowest BCUT2D eigenvalue weighted by molar-refractivity contribution is -0.389. The van der Waals surface area contributed by atoms with Gasteiger partial charge in [-0.1, -0.05) is 11.6 Å². The van der Waals surface area contributed by atoms with E-state index in [1.807, 2.05) is 0 Å². The van der Waals surface area contributed by atoms with Crippen molar-refractivity contribution >= 4 is 34.7 Å². The van der Waals surface area contributed by atoms with Gasteiger partial charge >= 0.3 is 5.82 Å². The third-order valence-electron chi connectivity index (χ3n) is 3.88. The van der Waals surface area contributed by atoms with Crippen LogP contribution in [0.25, 0.3) is 0 Å². The van der Waals surface area contributed by atoms with Gasteiger partial charge in [-0.15, -0.1) is 0 Å². The summed E-state index contributed by atoms with van der Waals surface area (Å²) in [6.07, 6.45) is 0. The number of nitrogens with one attached hydrogen (secondary N) is 1. The molecule has 0 aliphatic rings. The Morgan fingerprint density at radius 3 is 2.40 bits per heavy atom. The largest absolute Gasteiger partial charge is 0.457 e. The van der Waals surface area contributed by atoms with E-state index in [1.165, 1.54) is 24.3 Å². The van der Waals surface area contributed by atoms with Crippen LogP contribution < -0.4 is 10.1 Å². The fourth-order valence-corrected chi connectivity index (χ4v) is 2.66. The van der Waals surface area contributed by atoms with Gasteiger partial charge in [-0.25, -0.2) is 0 Å². The van der Waals surface area contributed by atoms with E-state index in [-0.39, 0.29) is 29.5 Å². The maximum Gasteiger partial charge on any atom is 0.390 e. The molecule has 0 saturated heterocycles. The zero-order valence-electron chi connectivity index (χ0n) is 15.4. The van der Waals surface area contributed by atoms with E-state index in [1.54, 1.807) is 31.2 Å². The number of nitro groups is 2. The van der Waals surface area contributed by atoms with Crippen molar-refractivity contribution in [2.45, 2.75) is 13.5 Å². The summed E-state index contributed by atoms with van der Waals surface area (Å²) < 4.78 is 6.77. The number of nitro benzene ring substituents is 1. The van der Waals surface area contributed by atoms with Gasteiger partial charge in [0.15, 0.2) is 0 Å². The molecule has 0 atom stereocenters. The quantitative estimate of drug-likeness (QED) is 0.438. The molecule has 3 aromatic rings. The summed E-state index contributed by atoms with van der Waals surface area (Å²) in [6, 6.07) is 11.4. The molecule has 12 heteroatoms. The van der Waals surface area contributed by atoms with Gasteiger partial charge in [-0.3, -0.25) is 14.9 Å². The molecule has 3 rings (SSSR count). The van der Waals surface area contributed by atoms with Gasteiger partial charge in [0, 0.05) is 17.2 Å². The number of rotatable bonds is 7. The van der Waals surface area contributed by atoms with Crippen molar-refractivity contribution in [2.24, 2.45) is 0 Å². The van der Waals surface area contributed by atoms with Crippen molar-refractivity contribution in [3.05, 3.63) is 79.5 Å². The maximum absolute atomic E-state index is 12.3. The standard InChI is InChI=1S/C18H14ClN5O6/c1-11-6-17(24(28)29)21-22(11)10-18(25)20-13-7-14(23(26)27)9-16(8-13)30-15-4-2-12(19)3-5-15/h2-9H,10H2,1H3,(H,20,25). The van der Waals surface area contributed by atoms with Crippen molar-refractivity contribution in [3.63, 3.8) is 0 Å². The van der Waals surface area contributed by atoms with Crippen LogP contribution in [0, 0.1) is 27.2 Å². The Kier molecular flexibility index (Phi) is 5.93. The minimum absolute atomic E-state index is 0.123. The summed E-state index contributed by atoms with van der Waals surface area (Å²) in [7, 11) is 0. The molecule has 0 spiro atoms. The number of anilines is 1. The number of carbonyl (C=O) groups is 1. The Labute approximate surface area is 174 Å². The van der Waals surface area contributed by atoms with Gasteiger partial charge < -0.3 is 20.2 Å². The molecule has 11 nitrogen and oxygen atoms in total. The first-order valence-corrected chi connectivity index (χ1v) is 8.80. The lowest BCUT2D eigenvalue weighted by Crippen LogP contribution is -2.20. The molecule has 154 valence electrons. The Balaban J connectivity index is 1.79. The Hall–Kier alpha value is -3.99. The number of carbonyl (C=O) groups excluding carboxylic acids is 1. The number of hydrogen-bond donors (Lipinski definition) is 1. The Morgan fingerprint density at radius 2 is 1.80 bits per heavy atom. The van der Waals surface area contributed by atoms with Crippen molar-refractivity contribution in [3.8, 4) is 11.5 Å². The van der Waals surface area contributed by atoms with Crippen LogP contribution in [0.15, 0.2) is 48.5 Å². The number of non-ortho nitro benzene ring substituents is 1. The molecule has 0 bridgehead atoms. The second kappa shape index (κ2) is 8.57. The predicted octanol–water partition coefficient (Wildman–Crippen LogP) is 4.09. The Morgan fingerprint density at radius 1 is 1.10 bits per heavy atom. The monoisotopic (exact) mass is 431 g/mol. The van der Waals surface area contributed by atoms with Gasteiger partial charge in [0.2, 0.25) is 5.91 Å².